The number of amides is 2. The van der Waals surface area contributed by atoms with Gasteiger partial charge in [-0.25, -0.2) is 9.37 Å². The first-order valence-corrected chi connectivity index (χ1v) is 8.47. The van der Waals surface area contributed by atoms with Gasteiger partial charge in [-0.2, -0.15) is 0 Å². The van der Waals surface area contributed by atoms with E-state index >= 15 is 0 Å². The second-order valence-corrected chi connectivity index (χ2v) is 6.50. The molecule has 0 radical (unpaired) electrons. The number of aryl methyl sites for hydroxylation is 1. The van der Waals surface area contributed by atoms with Crippen LogP contribution in [0.1, 0.15) is 17.4 Å². The summed E-state index contributed by atoms with van der Waals surface area (Å²) in [6.07, 6.45) is 3.33. The summed E-state index contributed by atoms with van der Waals surface area (Å²) in [7, 11) is 1.78. The Morgan fingerprint density at radius 3 is 2.88 bits per heavy atom. The molecule has 1 aliphatic rings. The van der Waals surface area contributed by atoms with Crippen molar-refractivity contribution >= 4 is 22.9 Å². The Bertz CT molecular complexity index is 764. The van der Waals surface area contributed by atoms with Crippen LogP contribution in [0.25, 0.3) is 0 Å². The predicted octanol–water partition coefficient (Wildman–Crippen LogP) is 1.93. The minimum atomic E-state index is -0.718. The highest BCUT2D eigenvalue weighted by Gasteiger charge is 2.27. The van der Waals surface area contributed by atoms with Crippen molar-refractivity contribution in [3.63, 3.8) is 0 Å². The lowest BCUT2D eigenvalue weighted by Gasteiger charge is -2.21. The standard InChI is InChI=1S/C16H17FN4O2S/c1-20-7-6-18-15(20)14(11-4-2-3-5-12(11)17)19-13(22)10-21-8-9-24-16(21)23/h2-7,14H,8-10H2,1H3,(H,19,22). The summed E-state index contributed by atoms with van der Waals surface area (Å²) in [5.74, 6) is 0.443. The van der Waals surface area contributed by atoms with Gasteiger partial charge in [0.1, 0.15) is 24.2 Å². The first-order chi connectivity index (χ1) is 11.6. The van der Waals surface area contributed by atoms with E-state index in [2.05, 4.69) is 10.3 Å². The maximum atomic E-state index is 14.2. The summed E-state index contributed by atoms with van der Waals surface area (Å²) in [6, 6.07) is 5.55. The van der Waals surface area contributed by atoms with E-state index in [9.17, 15) is 14.0 Å². The molecule has 1 unspecified atom stereocenters. The molecule has 1 aromatic carbocycles. The van der Waals surface area contributed by atoms with Gasteiger partial charge in [0.25, 0.3) is 5.24 Å². The molecule has 1 aliphatic heterocycles. The van der Waals surface area contributed by atoms with E-state index in [1.165, 1.54) is 22.7 Å². The number of nitrogens with one attached hydrogen (secondary N) is 1. The maximum absolute atomic E-state index is 14.2. The van der Waals surface area contributed by atoms with Gasteiger partial charge in [-0.1, -0.05) is 30.0 Å². The molecule has 6 nitrogen and oxygen atoms in total. The van der Waals surface area contributed by atoms with E-state index < -0.39 is 11.9 Å². The van der Waals surface area contributed by atoms with Crippen LogP contribution in [0.5, 0.6) is 0 Å². The van der Waals surface area contributed by atoms with Crippen molar-refractivity contribution in [1.29, 1.82) is 0 Å². The largest absolute Gasteiger partial charge is 0.340 e. The lowest BCUT2D eigenvalue weighted by Crippen LogP contribution is -2.40. The summed E-state index contributed by atoms with van der Waals surface area (Å²) < 4.78 is 16.0. The number of hydrogen-bond acceptors (Lipinski definition) is 4. The first kappa shape index (κ1) is 16.5. The van der Waals surface area contributed by atoms with Gasteiger partial charge in [0.2, 0.25) is 5.91 Å². The Morgan fingerprint density at radius 2 is 2.25 bits per heavy atom. The Balaban J connectivity index is 1.83. The molecule has 2 amide bonds. The van der Waals surface area contributed by atoms with Gasteiger partial charge in [0, 0.05) is 37.3 Å². The molecule has 0 bridgehead atoms. The molecule has 8 heteroatoms. The lowest BCUT2D eigenvalue weighted by molar-refractivity contribution is -0.122. The molecule has 0 saturated carbocycles. The van der Waals surface area contributed by atoms with Crippen LogP contribution in [0.2, 0.25) is 0 Å². The van der Waals surface area contributed by atoms with Crippen LogP contribution < -0.4 is 5.32 Å². The Hall–Kier alpha value is -2.35. The third-order valence-corrected chi connectivity index (χ3v) is 4.71. The summed E-state index contributed by atoms with van der Waals surface area (Å²) in [6.45, 7) is 0.505. The zero-order chi connectivity index (χ0) is 17.1. The molecule has 2 heterocycles. The molecular formula is C16H17FN4O2S. The number of hydrogen-bond donors (Lipinski definition) is 1. The molecule has 1 aromatic heterocycles. The minimum absolute atomic E-state index is 0.0405. The smallest absolute Gasteiger partial charge is 0.282 e. The van der Waals surface area contributed by atoms with Gasteiger partial charge in [0.05, 0.1) is 0 Å². The monoisotopic (exact) mass is 348 g/mol. The summed E-state index contributed by atoms with van der Waals surface area (Å²) in [4.78, 5) is 29.7. The highest BCUT2D eigenvalue weighted by atomic mass is 32.2. The fraction of sp³-hybridized carbons (Fsp3) is 0.312. The van der Waals surface area contributed by atoms with E-state index in [4.69, 9.17) is 0 Å². The van der Waals surface area contributed by atoms with Crippen molar-refractivity contribution in [2.75, 3.05) is 18.8 Å². The lowest BCUT2D eigenvalue weighted by atomic mass is 10.1. The van der Waals surface area contributed by atoms with Crippen LogP contribution >= 0.6 is 11.8 Å². The third-order valence-electron chi connectivity index (χ3n) is 3.82. The van der Waals surface area contributed by atoms with Crippen LogP contribution in [0, 0.1) is 5.82 Å². The first-order valence-electron chi connectivity index (χ1n) is 7.49. The number of imidazole rings is 1. The van der Waals surface area contributed by atoms with Crippen molar-refractivity contribution < 1.29 is 14.0 Å². The Labute approximate surface area is 143 Å². The van der Waals surface area contributed by atoms with E-state index in [0.29, 0.717) is 23.7 Å². The predicted molar refractivity (Wildman–Crippen MR) is 89.0 cm³/mol. The Morgan fingerprint density at radius 1 is 1.46 bits per heavy atom. The zero-order valence-corrected chi connectivity index (χ0v) is 13.9. The van der Waals surface area contributed by atoms with Crippen LogP contribution in [-0.4, -0.2) is 44.4 Å². The minimum Gasteiger partial charge on any atom is -0.340 e. The molecule has 0 spiro atoms. The highest BCUT2D eigenvalue weighted by molar-refractivity contribution is 8.13. The number of carbonyl (C=O) groups is 2. The highest BCUT2D eigenvalue weighted by Crippen LogP contribution is 2.23. The van der Waals surface area contributed by atoms with Crippen molar-refractivity contribution in [3.05, 3.63) is 53.9 Å². The van der Waals surface area contributed by atoms with Crippen molar-refractivity contribution in [2.24, 2.45) is 7.05 Å². The van der Waals surface area contributed by atoms with Gasteiger partial charge < -0.3 is 14.8 Å². The van der Waals surface area contributed by atoms with E-state index in [-0.39, 0.29) is 17.7 Å². The SMILES string of the molecule is Cn1ccnc1C(NC(=O)CN1CCSC1=O)c1ccccc1F. The van der Waals surface area contributed by atoms with Crippen LogP contribution in [0.3, 0.4) is 0 Å². The van der Waals surface area contributed by atoms with Crippen molar-refractivity contribution in [3.8, 4) is 0 Å². The number of benzene rings is 1. The van der Waals surface area contributed by atoms with Gasteiger partial charge in [-0.15, -0.1) is 0 Å². The molecule has 1 N–H and O–H groups in total. The molecule has 24 heavy (non-hydrogen) atoms. The fourth-order valence-corrected chi connectivity index (χ4v) is 3.42. The van der Waals surface area contributed by atoms with Crippen LogP contribution in [0.15, 0.2) is 36.7 Å². The molecular weight excluding hydrogens is 331 g/mol. The number of aromatic nitrogens is 2. The second-order valence-electron chi connectivity index (χ2n) is 5.45. The van der Waals surface area contributed by atoms with E-state index in [1.54, 1.807) is 42.2 Å². The van der Waals surface area contributed by atoms with Gasteiger partial charge in [-0.3, -0.25) is 9.59 Å². The number of nitrogens with zero attached hydrogens (tertiary/aromatic N) is 3. The molecule has 2 aromatic rings. The van der Waals surface area contributed by atoms with E-state index in [1.807, 2.05) is 0 Å². The third kappa shape index (κ3) is 3.43. The molecule has 126 valence electrons. The zero-order valence-electron chi connectivity index (χ0n) is 13.1. The van der Waals surface area contributed by atoms with Crippen molar-refractivity contribution in [2.45, 2.75) is 6.04 Å². The molecule has 1 saturated heterocycles. The van der Waals surface area contributed by atoms with Gasteiger partial charge in [0.15, 0.2) is 0 Å². The molecule has 1 fully saturated rings. The van der Waals surface area contributed by atoms with E-state index in [0.717, 1.165) is 0 Å². The number of carbonyl (C=O) groups excluding carboxylic acids is 2. The molecule has 1 atom stereocenters. The second kappa shape index (κ2) is 7.04. The summed E-state index contributed by atoms with van der Waals surface area (Å²) in [5.41, 5.74) is 0.335. The quantitative estimate of drug-likeness (QED) is 0.897. The molecule has 0 aliphatic carbocycles. The number of halogens is 1. The number of thioether (sulfide) groups is 1. The topological polar surface area (TPSA) is 67.2 Å². The van der Waals surface area contributed by atoms with Crippen molar-refractivity contribution in [1.82, 2.24) is 19.8 Å². The fourth-order valence-electron chi connectivity index (χ4n) is 2.60. The maximum Gasteiger partial charge on any atom is 0.282 e. The van der Waals surface area contributed by atoms with Crippen LogP contribution in [0.4, 0.5) is 9.18 Å². The average Bonchev–Trinajstić information content (AvgIpc) is 3.15. The van der Waals surface area contributed by atoms with Gasteiger partial charge in [-0.05, 0) is 6.07 Å². The van der Waals surface area contributed by atoms with Gasteiger partial charge >= 0.3 is 0 Å². The molecule has 3 rings (SSSR count). The normalized spacial score (nSPS) is 15.6. The number of rotatable bonds is 5. The summed E-state index contributed by atoms with van der Waals surface area (Å²) in [5, 5.41) is 2.69. The van der Waals surface area contributed by atoms with Crippen LogP contribution in [-0.2, 0) is 11.8 Å². The average molecular weight is 348 g/mol. The Kier molecular flexibility index (Phi) is 4.84. The summed E-state index contributed by atoms with van der Waals surface area (Å²) >= 11 is 1.20.